The molecule has 4 aromatic rings. The fourth-order valence-corrected chi connectivity index (χ4v) is 4.08. The predicted molar refractivity (Wildman–Crippen MR) is 120 cm³/mol. The predicted octanol–water partition coefficient (Wildman–Crippen LogP) is 4.79. The van der Waals surface area contributed by atoms with Gasteiger partial charge in [0.1, 0.15) is 5.82 Å². The maximum Gasteiger partial charge on any atom is 0.255 e. The van der Waals surface area contributed by atoms with Gasteiger partial charge in [-0.2, -0.15) is 0 Å². The number of amides is 2. The minimum absolute atomic E-state index is 0.0242. The number of nitrogens with one attached hydrogen (secondary N) is 2. The first-order valence-electron chi connectivity index (χ1n) is 10.4. The molecule has 154 valence electrons. The summed E-state index contributed by atoms with van der Waals surface area (Å²) in [5.74, 6) is 0.631. The number of H-pyrrole nitrogens is 1. The summed E-state index contributed by atoms with van der Waals surface area (Å²) in [4.78, 5) is 35.5. The zero-order valence-corrected chi connectivity index (χ0v) is 16.9. The number of fused-ring (bicyclic) bond motifs is 1. The second-order valence-corrected chi connectivity index (χ2v) is 7.69. The van der Waals surface area contributed by atoms with Crippen LogP contribution >= 0.6 is 0 Å². The number of benzene rings is 3. The summed E-state index contributed by atoms with van der Waals surface area (Å²) in [5.41, 5.74) is 3.74. The summed E-state index contributed by atoms with van der Waals surface area (Å²) < 4.78 is 0. The molecule has 1 unspecified atom stereocenters. The number of carbonyl (C=O) groups is 2. The fraction of sp³-hybridized carbons (Fsp3) is 0.160. The molecule has 1 aliphatic heterocycles. The minimum Gasteiger partial charge on any atom is -0.340 e. The number of imidazole rings is 1. The molecule has 31 heavy (non-hydrogen) atoms. The number of likely N-dealkylation sites (tertiary alicyclic amines) is 1. The van der Waals surface area contributed by atoms with Gasteiger partial charge in [0.2, 0.25) is 0 Å². The van der Waals surface area contributed by atoms with Crippen molar-refractivity contribution in [3.05, 3.63) is 95.8 Å². The largest absolute Gasteiger partial charge is 0.340 e. The van der Waals surface area contributed by atoms with Gasteiger partial charge in [0.25, 0.3) is 11.8 Å². The van der Waals surface area contributed by atoms with Gasteiger partial charge in [0.15, 0.2) is 0 Å². The Hall–Kier alpha value is -3.93. The molecular weight excluding hydrogens is 388 g/mol. The molecular formula is C25H22N4O2. The van der Waals surface area contributed by atoms with E-state index in [4.69, 9.17) is 4.98 Å². The Kier molecular flexibility index (Phi) is 4.96. The monoisotopic (exact) mass is 410 g/mol. The molecule has 6 heteroatoms. The fourth-order valence-electron chi connectivity index (χ4n) is 4.08. The molecule has 2 N–H and O–H groups in total. The summed E-state index contributed by atoms with van der Waals surface area (Å²) in [6, 6.07) is 23.9. The van der Waals surface area contributed by atoms with Gasteiger partial charge in [-0.15, -0.1) is 0 Å². The number of para-hydroxylation sites is 2. The van der Waals surface area contributed by atoms with Gasteiger partial charge in [0, 0.05) is 23.4 Å². The van der Waals surface area contributed by atoms with E-state index in [-0.39, 0.29) is 17.9 Å². The molecule has 6 nitrogen and oxygen atoms in total. The van der Waals surface area contributed by atoms with Crippen LogP contribution in [0.3, 0.4) is 0 Å². The van der Waals surface area contributed by atoms with Gasteiger partial charge in [-0.1, -0.05) is 30.3 Å². The quantitative estimate of drug-likeness (QED) is 0.508. The van der Waals surface area contributed by atoms with Crippen molar-refractivity contribution in [1.82, 2.24) is 14.9 Å². The lowest BCUT2D eigenvalue weighted by molar-refractivity contribution is 0.0730. The van der Waals surface area contributed by atoms with Gasteiger partial charge in [0.05, 0.1) is 17.1 Å². The molecule has 0 spiro atoms. The van der Waals surface area contributed by atoms with Crippen molar-refractivity contribution in [2.24, 2.45) is 0 Å². The number of nitrogens with zero attached hydrogens (tertiary/aromatic N) is 2. The van der Waals surface area contributed by atoms with Crippen LogP contribution in [0, 0.1) is 0 Å². The first-order chi connectivity index (χ1) is 15.2. The number of aromatic nitrogens is 2. The molecule has 1 saturated heterocycles. The van der Waals surface area contributed by atoms with Crippen LogP contribution in [0.1, 0.15) is 45.4 Å². The molecule has 2 heterocycles. The topological polar surface area (TPSA) is 78.1 Å². The molecule has 1 aromatic heterocycles. The van der Waals surface area contributed by atoms with E-state index >= 15 is 0 Å². The van der Waals surface area contributed by atoms with Crippen LogP contribution in [-0.2, 0) is 0 Å². The van der Waals surface area contributed by atoms with Gasteiger partial charge < -0.3 is 15.2 Å². The van der Waals surface area contributed by atoms with Crippen LogP contribution in [0.25, 0.3) is 11.0 Å². The number of aromatic amines is 1. The van der Waals surface area contributed by atoms with Crippen LogP contribution < -0.4 is 5.32 Å². The highest BCUT2D eigenvalue weighted by atomic mass is 16.2. The highest BCUT2D eigenvalue weighted by Crippen LogP contribution is 2.32. The first kappa shape index (κ1) is 19.1. The van der Waals surface area contributed by atoms with Crippen molar-refractivity contribution in [2.75, 3.05) is 11.9 Å². The molecule has 2 amide bonds. The lowest BCUT2D eigenvalue weighted by Gasteiger charge is -2.23. The van der Waals surface area contributed by atoms with E-state index < -0.39 is 0 Å². The molecule has 1 fully saturated rings. The van der Waals surface area contributed by atoms with Crippen molar-refractivity contribution in [2.45, 2.75) is 18.9 Å². The molecule has 1 atom stereocenters. The van der Waals surface area contributed by atoms with Crippen molar-refractivity contribution >= 4 is 28.5 Å². The Balaban J connectivity index is 1.31. The van der Waals surface area contributed by atoms with E-state index in [2.05, 4.69) is 10.3 Å². The Morgan fingerprint density at radius 3 is 2.42 bits per heavy atom. The second kappa shape index (κ2) is 8.07. The van der Waals surface area contributed by atoms with Gasteiger partial charge in [-0.05, 0) is 61.4 Å². The van der Waals surface area contributed by atoms with Crippen LogP contribution in [-0.4, -0.2) is 33.2 Å². The third-order valence-electron chi connectivity index (χ3n) is 5.66. The summed E-state index contributed by atoms with van der Waals surface area (Å²) in [6.45, 7) is 0.701. The van der Waals surface area contributed by atoms with E-state index in [1.807, 2.05) is 47.4 Å². The van der Waals surface area contributed by atoms with Crippen molar-refractivity contribution in [3.63, 3.8) is 0 Å². The average Bonchev–Trinajstić information content (AvgIpc) is 3.46. The summed E-state index contributed by atoms with van der Waals surface area (Å²) in [6.07, 6.45) is 1.83. The van der Waals surface area contributed by atoms with Gasteiger partial charge >= 0.3 is 0 Å². The molecule has 1 aliphatic rings. The zero-order chi connectivity index (χ0) is 21.2. The highest BCUT2D eigenvalue weighted by Gasteiger charge is 2.32. The first-order valence-corrected chi connectivity index (χ1v) is 10.4. The van der Waals surface area contributed by atoms with E-state index in [9.17, 15) is 9.59 Å². The number of rotatable bonds is 4. The molecule has 0 bridgehead atoms. The van der Waals surface area contributed by atoms with Crippen LogP contribution in [0.4, 0.5) is 5.69 Å². The standard InChI is InChI=1S/C25H22N4O2/c30-24(17-7-2-1-3-8-17)26-19-14-12-18(13-15-19)25(31)29-16-6-11-22(29)23-27-20-9-4-5-10-21(20)28-23/h1-5,7-10,12-15,22H,6,11,16H2,(H,26,30)(H,27,28). The molecule has 3 aromatic carbocycles. The van der Waals surface area contributed by atoms with E-state index in [0.717, 1.165) is 29.7 Å². The van der Waals surface area contributed by atoms with Crippen LogP contribution in [0.5, 0.6) is 0 Å². The zero-order valence-electron chi connectivity index (χ0n) is 16.9. The summed E-state index contributed by atoms with van der Waals surface area (Å²) in [7, 11) is 0. The number of hydrogen-bond donors (Lipinski definition) is 2. The molecule has 5 rings (SSSR count). The number of anilines is 1. The summed E-state index contributed by atoms with van der Waals surface area (Å²) >= 11 is 0. The average molecular weight is 410 g/mol. The van der Waals surface area contributed by atoms with Crippen LogP contribution in [0.15, 0.2) is 78.9 Å². The van der Waals surface area contributed by atoms with E-state index in [1.54, 1.807) is 36.4 Å². The van der Waals surface area contributed by atoms with Crippen molar-refractivity contribution in [1.29, 1.82) is 0 Å². The number of carbonyl (C=O) groups excluding carboxylic acids is 2. The van der Waals surface area contributed by atoms with Crippen molar-refractivity contribution in [3.8, 4) is 0 Å². The highest BCUT2D eigenvalue weighted by molar-refractivity contribution is 6.04. The lowest BCUT2D eigenvalue weighted by atomic mass is 10.1. The summed E-state index contributed by atoms with van der Waals surface area (Å²) in [5, 5.41) is 2.86. The third-order valence-corrected chi connectivity index (χ3v) is 5.66. The Labute approximate surface area is 179 Å². The number of hydrogen-bond acceptors (Lipinski definition) is 3. The maximum absolute atomic E-state index is 13.2. The Morgan fingerprint density at radius 2 is 1.65 bits per heavy atom. The van der Waals surface area contributed by atoms with Crippen LogP contribution in [0.2, 0.25) is 0 Å². The van der Waals surface area contributed by atoms with Gasteiger partial charge in [-0.3, -0.25) is 9.59 Å². The third kappa shape index (κ3) is 3.80. The SMILES string of the molecule is O=C(Nc1ccc(C(=O)N2CCCC2c2nc3ccccc3[nH]2)cc1)c1ccccc1. The van der Waals surface area contributed by atoms with E-state index in [1.165, 1.54) is 0 Å². The van der Waals surface area contributed by atoms with Crippen molar-refractivity contribution < 1.29 is 9.59 Å². The second-order valence-electron chi connectivity index (χ2n) is 7.69. The minimum atomic E-state index is -0.177. The van der Waals surface area contributed by atoms with E-state index in [0.29, 0.717) is 23.4 Å². The van der Waals surface area contributed by atoms with Gasteiger partial charge in [-0.25, -0.2) is 4.98 Å². The Morgan fingerprint density at radius 1 is 0.903 bits per heavy atom. The molecule has 0 saturated carbocycles. The lowest BCUT2D eigenvalue weighted by Crippen LogP contribution is -2.31. The molecule has 0 radical (unpaired) electrons. The maximum atomic E-state index is 13.2. The normalized spacial score (nSPS) is 15.9. The molecule has 0 aliphatic carbocycles. The smallest absolute Gasteiger partial charge is 0.255 e. The Bertz CT molecular complexity index is 1200.